The van der Waals surface area contributed by atoms with Gasteiger partial charge in [-0.3, -0.25) is 14.2 Å². The van der Waals surface area contributed by atoms with Crippen LogP contribution in [0.15, 0.2) is 47.5 Å². The second-order valence-corrected chi connectivity index (χ2v) is 29.3. The summed E-state index contributed by atoms with van der Waals surface area (Å²) in [7, 11) is 3.47. The van der Waals surface area contributed by atoms with Crippen molar-refractivity contribution in [3.8, 4) is 5.75 Å². The van der Waals surface area contributed by atoms with Gasteiger partial charge >= 0.3 is 283 Å². The molecule has 0 aliphatic carbocycles. The molecule has 7 heterocycles. The second-order valence-electron chi connectivity index (χ2n) is 17.4. The van der Waals surface area contributed by atoms with E-state index in [4.69, 9.17) is 26.4 Å². The number of hydrogen-bond donors (Lipinski definition) is 3. The van der Waals surface area contributed by atoms with Crippen molar-refractivity contribution in [2.45, 2.75) is 76.9 Å². The Labute approximate surface area is 367 Å². The molecule has 0 radical (unpaired) electrons. The Morgan fingerprint density at radius 3 is 2.49 bits per heavy atom. The van der Waals surface area contributed by atoms with E-state index < -0.39 is 27.4 Å². The topological polar surface area (TPSA) is 181 Å². The van der Waals surface area contributed by atoms with Crippen molar-refractivity contribution in [3.05, 3.63) is 63.8 Å². The molecule has 3 N–H and O–H groups in total. The summed E-state index contributed by atoms with van der Waals surface area (Å²) in [5.74, 6) is 0.546. The molecule has 0 saturated carbocycles. The number of rotatable bonds is 11. The molecule has 16 nitrogen and oxygen atoms in total. The summed E-state index contributed by atoms with van der Waals surface area (Å²) in [4.78, 5) is 68.6. The molecule has 8 rings (SSSR count). The third-order valence-corrected chi connectivity index (χ3v) is 26.2. The van der Waals surface area contributed by atoms with Crippen LogP contribution in [0.1, 0.15) is 71.0 Å². The fourth-order valence-electron chi connectivity index (χ4n) is 9.63. The maximum absolute atomic E-state index is 13.2. The Morgan fingerprint density at radius 2 is 1.79 bits per heavy atom. The number of para-hydroxylation sites is 1. The van der Waals surface area contributed by atoms with E-state index in [1.54, 1.807) is 23.0 Å². The third-order valence-electron chi connectivity index (χ3n) is 13.1. The standard InChI is InChI=1S/C26H33ClN7O3.C17H20N4O2.In/c1-15(2)17-6-8-33(9-7-17)26-30-13-20(27)23(32-26)31-19-10-18-11-21(37-14-22(35)28-5)25(36)34(16(3)4)24(18)29-12-19;1-4-21(5-2)13-8-6-7-11-15(19-20(3)16(11)13)12-9-10-14(22)18-17(12)23;/h10-13,16-17H,6-9,14H2,1-5H3,(H,28,35)(H,30,31,32);6-8,12H,1-2,4-5,9-10H2,3H3,(H,18,22,23);. The van der Waals surface area contributed by atoms with Gasteiger partial charge in [0.05, 0.1) is 0 Å². The van der Waals surface area contributed by atoms with E-state index in [0.717, 1.165) is 55.6 Å². The van der Waals surface area contributed by atoms with E-state index >= 15 is 0 Å². The van der Waals surface area contributed by atoms with Crippen molar-refractivity contribution < 1.29 is 19.1 Å². The Hall–Kier alpha value is -4.90. The number of aryl methyl sites for hydroxylation is 1. The molecule has 0 spiro atoms. The Morgan fingerprint density at radius 1 is 1.03 bits per heavy atom. The van der Waals surface area contributed by atoms with Crippen LogP contribution < -0.4 is 36.0 Å². The van der Waals surface area contributed by atoms with Gasteiger partial charge < -0.3 is 10.1 Å². The van der Waals surface area contributed by atoms with E-state index in [1.165, 1.54) is 21.1 Å². The number of anilines is 4. The number of imide groups is 1. The summed E-state index contributed by atoms with van der Waals surface area (Å²) in [5, 5.41) is 15.2. The normalized spacial score (nSPS) is 18.0. The summed E-state index contributed by atoms with van der Waals surface area (Å²) in [5.41, 5.74) is 3.74. The molecule has 1 unspecified atom stereocenters. The summed E-state index contributed by atoms with van der Waals surface area (Å²) >= 11 is 4.62. The number of likely N-dealkylation sites (N-methyl/N-ethyl adjacent to an activating group) is 1. The summed E-state index contributed by atoms with van der Waals surface area (Å²) in [6.07, 6.45) is 6.24. The van der Waals surface area contributed by atoms with Gasteiger partial charge in [-0.25, -0.2) is 0 Å². The molecule has 3 fully saturated rings. The van der Waals surface area contributed by atoms with Gasteiger partial charge in [-0.15, -0.1) is 0 Å². The number of benzene rings is 1. The smallest absolute Gasteiger partial charge is 0.287 e. The predicted octanol–water partition coefficient (Wildman–Crippen LogP) is 5.71. The van der Waals surface area contributed by atoms with Crippen LogP contribution in [0.4, 0.5) is 23.1 Å². The van der Waals surface area contributed by atoms with Crippen LogP contribution in [0.25, 0.3) is 21.9 Å². The molecule has 61 heavy (non-hydrogen) atoms. The number of carbonyl (C=O) groups is 3. The molecule has 4 aromatic heterocycles. The minimum atomic E-state index is -2.02. The Kier molecular flexibility index (Phi) is 12.2. The van der Waals surface area contributed by atoms with Crippen molar-refractivity contribution in [1.82, 2.24) is 39.9 Å². The zero-order chi connectivity index (χ0) is 43.2. The minimum absolute atomic E-state index is 0.0641. The number of nitrogens with one attached hydrogen (secondary N) is 3. The van der Waals surface area contributed by atoms with Gasteiger partial charge in [0.15, 0.2) is 12.4 Å². The fourth-order valence-corrected chi connectivity index (χ4v) is 21.3. The molecule has 1 atom stereocenters. The number of nitrogens with zero attached hydrogens (tertiary/aromatic N) is 8. The summed E-state index contributed by atoms with van der Waals surface area (Å²) < 4.78 is 12.0. The minimum Gasteiger partial charge on any atom is -0.287 e. The van der Waals surface area contributed by atoms with Gasteiger partial charge in [0.2, 0.25) is 0 Å². The molecule has 3 aliphatic heterocycles. The maximum atomic E-state index is 13.2. The molecule has 3 aliphatic rings. The zero-order valence-electron chi connectivity index (χ0n) is 35.6. The van der Waals surface area contributed by atoms with E-state index in [2.05, 4.69) is 67.8 Å². The molecule has 3 saturated heterocycles. The average molecular weight is 954 g/mol. The van der Waals surface area contributed by atoms with E-state index in [9.17, 15) is 19.2 Å². The number of piperidine rings is 2. The van der Waals surface area contributed by atoms with Gasteiger partial charge in [-0.05, 0) is 19.9 Å². The van der Waals surface area contributed by atoms with E-state index in [0.29, 0.717) is 55.4 Å². The van der Waals surface area contributed by atoms with Crippen LogP contribution in [0.5, 0.6) is 5.75 Å². The quantitative estimate of drug-likeness (QED) is 0.138. The first-order valence-electron chi connectivity index (χ1n) is 21.2. The van der Waals surface area contributed by atoms with Crippen molar-refractivity contribution in [3.63, 3.8) is 0 Å². The monoisotopic (exact) mass is 953 g/mol. The van der Waals surface area contributed by atoms with Crippen molar-refractivity contribution in [1.29, 1.82) is 0 Å². The zero-order valence-corrected chi connectivity index (χ0v) is 39.7. The van der Waals surface area contributed by atoms with Gasteiger partial charge in [0.25, 0.3) is 11.5 Å². The molecule has 5 aromatic rings. The first-order chi connectivity index (χ1) is 29.2. The van der Waals surface area contributed by atoms with Gasteiger partial charge in [-0.2, -0.15) is 0 Å². The van der Waals surface area contributed by atoms with E-state index in [-0.39, 0.29) is 41.7 Å². The number of amides is 3. The average Bonchev–Trinajstić information content (AvgIpc) is 3.59. The molecule has 320 valence electrons. The number of fused-ring (bicyclic) bond motifs is 2. The van der Waals surface area contributed by atoms with Crippen LogP contribution in [0.2, 0.25) is 16.5 Å². The third kappa shape index (κ3) is 8.51. The van der Waals surface area contributed by atoms with Crippen LogP contribution in [0, 0.1) is 5.92 Å². The summed E-state index contributed by atoms with van der Waals surface area (Å²) in [6.45, 7) is 12.4. The van der Waals surface area contributed by atoms with Crippen LogP contribution in [-0.4, -0.2) is 108 Å². The first-order valence-corrected chi connectivity index (χ1v) is 27.9. The Bertz CT molecular complexity index is 2560. The Balaban J connectivity index is 0.911. The van der Waals surface area contributed by atoms with Gasteiger partial charge in [-0.1, -0.05) is 0 Å². The predicted molar refractivity (Wildman–Crippen MR) is 239 cm³/mol. The molecule has 3 amide bonds. The number of pyridine rings is 2. The van der Waals surface area contributed by atoms with Gasteiger partial charge in [0, 0.05) is 13.1 Å². The number of aromatic nitrogens is 6. The van der Waals surface area contributed by atoms with Crippen molar-refractivity contribution in [2.75, 3.05) is 55.0 Å². The number of ether oxygens (including phenoxy) is 1. The van der Waals surface area contributed by atoms with Crippen LogP contribution >= 0.6 is 11.6 Å². The van der Waals surface area contributed by atoms with Crippen LogP contribution in [-0.2, 0) is 21.4 Å². The fraction of sp³-hybridized carbons (Fsp3) is 0.488. The molecular weight excluding hydrogens is 901 g/mol. The van der Waals surface area contributed by atoms with E-state index in [1.807, 2.05) is 31.6 Å². The molecule has 18 heteroatoms. The second kappa shape index (κ2) is 17.5. The van der Waals surface area contributed by atoms with Crippen molar-refractivity contribution >= 4 is 95.8 Å². The number of hydrogen-bond acceptors (Lipinski definition) is 12. The molecule has 0 bridgehead atoms. The number of halogens is 1. The van der Waals surface area contributed by atoms with Crippen molar-refractivity contribution in [2.24, 2.45) is 13.0 Å². The molecular formula is C43H53ClInN11O5. The first kappa shape index (κ1) is 42.8. The molecule has 1 aromatic carbocycles. The van der Waals surface area contributed by atoms with Gasteiger partial charge in [0.1, 0.15) is 5.65 Å². The number of carbonyl (C=O) groups excluding carboxylic acids is 3. The van der Waals surface area contributed by atoms with Crippen LogP contribution in [0.3, 0.4) is 0 Å². The summed E-state index contributed by atoms with van der Waals surface area (Å²) in [6, 6.07) is 9.58. The SMILES string of the molecule is CNC(=O)COc1cc2cc(Nc3nc(N4CCC([C](C)(C)[In]5[CH2]CN(c6cccc7c(C8CCC(=O)NC8=O)nn(C)c67)C[CH2]5)CC4)ncc3Cl)cnc2n(C(C)C)c1=O.